The monoisotopic (exact) mass is 488 g/mol. The molecule has 186 valence electrons. The summed E-state index contributed by atoms with van der Waals surface area (Å²) >= 11 is 0. The molecule has 0 saturated carbocycles. The number of aromatic hydroxyl groups is 1. The highest BCUT2D eigenvalue weighted by atomic mass is 16.3. The number of fused-ring (bicyclic) bond motifs is 1. The van der Waals surface area contributed by atoms with Crippen molar-refractivity contribution in [2.45, 2.75) is 26.7 Å². The van der Waals surface area contributed by atoms with E-state index in [0.29, 0.717) is 16.9 Å². The van der Waals surface area contributed by atoms with Gasteiger partial charge in [0, 0.05) is 33.4 Å². The summed E-state index contributed by atoms with van der Waals surface area (Å²) in [7, 11) is 3.43. The number of hydrogen-bond donors (Lipinski definition) is 2. The molecule has 36 heavy (non-hydrogen) atoms. The fourth-order valence-corrected chi connectivity index (χ4v) is 4.83. The maximum absolute atomic E-state index is 12.7. The number of rotatable bonds is 4. The molecule has 5 rings (SSSR count). The normalized spacial score (nSPS) is 13.9. The first-order chi connectivity index (χ1) is 17.2. The minimum Gasteiger partial charge on any atom is -0.493 e. The van der Waals surface area contributed by atoms with E-state index in [1.165, 1.54) is 6.21 Å². The molecule has 0 spiro atoms. The van der Waals surface area contributed by atoms with Crippen molar-refractivity contribution >= 4 is 28.6 Å². The molecule has 1 aliphatic heterocycles. The second kappa shape index (κ2) is 8.71. The predicted octanol–water partition coefficient (Wildman–Crippen LogP) is 2.39. The van der Waals surface area contributed by atoms with E-state index in [9.17, 15) is 19.5 Å². The Balaban J connectivity index is 1.69. The van der Waals surface area contributed by atoms with Gasteiger partial charge in [-0.15, -0.1) is 0 Å². The second-order valence-electron chi connectivity index (χ2n) is 9.23. The number of aromatic amines is 1. The molecule has 3 heterocycles. The Bertz CT molecular complexity index is 1710. The SMILES string of the molecule is Cc1cccc(-n2c(O)c(C=Nc3cc4c(cc3N3CCCC3)n(C)c(=O)n4C)c(=O)[nH]c2=O)c1C. The fraction of sp³-hybridized carbons (Fsp3) is 0.308. The van der Waals surface area contributed by atoms with Crippen molar-refractivity contribution in [1.29, 1.82) is 0 Å². The average molecular weight is 489 g/mol. The number of aromatic nitrogens is 4. The minimum atomic E-state index is -0.737. The topological polar surface area (TPSA) is 118 Å². The Kier molecular flexibility index (Phi) is 5.66. The fourth-order valence-electron chi connectivity index (χ4n) is 4.83. The van der Waals surface area contributed by atoms with E-state index >= 15 is 0 Å². The van der Waals surface area contributed by atoms with Gasteiger partial charge in [-0.05, 0) is 56.0 Å². The van der Waals surface area contributed by atoms with Gasteiger partial charge in [-0.3, -0.25) is 23.9 Å². The highest BCUT2D eigenvalue weighted by Crippen LogP contribution is 2.35. The number of imidazole rings is 1. The van der Waals surface area contributed by atoms with Crippen LogP contribution in [-0.4, -0.2) is 43.1 Å². The number of anilines is 1. The van der Waals surface area contributed by atoms with E-state index in [1.54, 1.807) is 35.4 Å². The molecule has 2 N–H and O–H groups in total. The van der Waals surface area contributed by atoms with Gasteiger partial charge in [0.25, 0.3) is 5.56 Å². The summed E-state index contributed by atoms with van der Waals surface area (Å²) in [5, 5.41) is 11.0. The summed E-state index contributed by atoms with van der Waals surface area (Å²) in [6.07, 6.45) is 3.38. The average Bonchev–Trinajstić information content (AvgIpc) is 3.45. The third-order valence-electron chi connectivity index (χ3n) is 7.09. The summed E-state index contributed by atoms with van der Waals surface area (Å²) in [5.74, 6) is -0.489. The van der Waals surface area contributed by atoms with Gasteiger partial charge in [-0.1, -0.05) is 12.1 Å². The summed E-state index contributed by atoms with van der Waals surface area (Å²) < 4.78 is 4.22. The number of H-pyrrole nitrogens is 1. The van der Waals surface area contributed by atoms with E-state index in [0.717, 1.165) is 52.8 Å². The van der Waals surface area contributed by atoms with Crippen molar-refractivity contribution in [2.75, 3.05) is 18.0 Å². The molecule has 0 atom stereocenters. The van der Waals surface area contributed by atoms with E-state index in [1.807, 2.05) is 32.0 Å². The Hall–Kier alpha value is -4.34. The first-order valence-electron chi connectivity index (χ1n) is 11.8. The number of aliphatic imine (C=N–C) groups is 1. The summed E-state index contributed by atoms with van der Waals surface area (Å²) in [4.78, 5) is 47.0. The lowest BCUT2D eigenvalue weighted by molar-refractivity contribution is 0.430. The Morgan fingerprint density at radius 3 is 2.33 bits per heavy atom. The summed E-state index contributed by atoms with van der Waals surface area (Å²) in [6.45, 7) is 5.47. The molecule has 0 unspecified atom stereocenters. The van der Waals surface area contributed by atoms with Crippen molar-refractivity contribution < 1.29 is 5.11 Å². The number of aryl methyl sites for hydroxylation is 3. The smallest absolute Gasteiger partial charge is 0.335 e. The molecule has 10 heteroatoms. The van der Waals surface area contributed by atoms with Gasteiger partial charge in [0.1, 0.15) is 5.56 Å². The van der Waals surface area contributed by atoms with Gasteiger partial charge in [0.15, 0.2) is 0 Å². The molecule has 1 aliphatic rings. The molecule has 0 amide bonds. The van der Waals surface area contributed by atoms with Crippen molar-refractivity contribution in [3.8, 4) is 11.6 Å². The maximum atomic E-state index is 12.7. The minimum absolute atomic E-state index is 0.134. The number of benzene rings is 2. The van der Waals surface area contributed by atoms with E-state index in [-0.39, 0.29) is 11.3 Å². The van der Waals surface area contributed by atoms with Crippen LogP contribution in [0.25, 0.3) is 16.7 Å². The molecular weight excluding hydrogens is 460 g/mol. The molecule has 1 fully saturated rings. The molecule has 0 aliphatic carbocycles. The predicted molar refractivity (Wildman–Crippen MR) is 141 cm³/mol. The van der Waals surface area contributed by atoms with Gasteiger partial charge < -0.3 is 10.0 Å². The van der Waals surface area contributed by atoms with Crippen molar-refractivity contribution in [1.82, 2.24) is 18.7 Å². The van der Waals surface area contributed by atoms with Crippen LogP contribution in [0.1, 0.15) is 29.5 Å². The quantitative estimate of drug-likeness (QED) is 0.428. The Morgan fingerprint density at radius 1 is 0.972 bits per heavy atom. The highest BCUT2D eigenvalue weighted by molar-refractivity contribution is 5.92. The van der Waals surface area contributed by atoms with Crippen LogP contribution in [0.15, 0.2) is 49.7 Å². The lowest BCUT2D eigenvalue weighted by atomic mass is 10.1. The lowest BCUT2D eigenvalue weighted by Gasteiger charge is -2.20. The van der Waals surface area contributed by atoms with Crippen molar-refractivity contribution in [3.63, 3.8) is 0 Å². The van der Waals surface area contributed by atoms with Gasteiger partial charge in [0.05, 0.1) is 28.1 Å². The zero-order valence-electron chi connectivity index (χ0n) is 20.7. The van der Waals surface area contributed by atoms with Crippen molar-refractivity contribution in [2.24, 2.45) is 19.1 Å². The molecule has 4 aromatic rings. The van der Waals surface area contributed by atoms with Gasteiger partial charge in [-0.25, -0.2) is 14.2 Å². The Morgan fingerprint density at radius 2 is 1.64 bits per heavy atom. The zero-order valence-corrected chi connectivity index (χ0v) is 20.7. The summed E-state index contributed by atoms with van der Waals surface area (Å²) in [5.41, 5.74) is 3.36. The second-order valence-corrected chi connectivity index (χ2v) is 9.23. The molecule has 10 nitrogen and oxygen atoms in total. The van der Waals surface area contributed by atoms with Crippen LogP contribution in [0.3, 0.4) is 0 Å². The van der Waals surface area contributed by atoms with E-state index < -0.39 is 17.1 Å². The molecule has 1 saturated heterocycles. The van der Waals surface area contributed by atoms with Crippen LogP contribution in [0.5, 0.6) is 5.88 Å². The molecule has 0 radical (unpaired) electrons. The van der Waals surface area contributed by atoms with Crippen molar-refractivity contribution in [3.05, 3.63) is 78.3 Å². The van der Waals surface area contributed by atoms with Gasteiger partial charge in [-0.2, -0.15) is 0 Å². The third kappa shape index (κ3) is 3.65. The van der Waals surface area contributed by atoms with Crippen LogP contribution in [-0.2, 0) is 14.1 Å². The van der Waals surface area contributed by atoms with E-state index in [4.69, 9.17) is 0 Å². The highest BCUT2D eigenvalue weighted by Gasteiger charge is 2.20. The zero-order chi connectivity index (χ0) is 25.7. The van der Waals surface area contributed by atoms with Crippen LogP contribution in [0, 0.1) is 13.8 Å². The van der Waals surface area contributed by atoms with Crippen LogP contribution >= 0.6 is 0 Å². The molecule has 0 bridgehead atoms. The lowest BCUT2D eigenvalue weighted by Crippen LogP contribution is -2.31. The Labute approximate surface area is 206 Å². The number of hydrogen-bond acceptors (Lipinski definition) is 6. The molecular formula is C26H28N6O4. The van der Waals surface area contributed by atoms with Crippen LogP contribution < -0.4 is 21.8 Å². The van der Waals surface area contributed by atoms with Crippen LogP contribution in [0.4, 0.5) is 11.4 Å². The number of nitrogens with one attached hydrogen (secondary N) is 1. The van der Waals surface area contributed by atoms with Gasteiger partial charge >= 0.3 is 11.4 Å². The van der Waals surface area contributed by atoms with Crippen LogP contribution in [0.2, 0.25) is 0 Å². The summed E-state index contributed by atoms with van der Waals surface area (Å²) in [6, 6.07) is 9.15. The third-order valence-corrected chi connectivity index (χ3v) is 7.09. The number of nitrogens with zero attached hydrogens (tertiary/aromatic N) is 5. The maximum Gasteiger partial charge on any atom is 0.335 e. The standard InChI is InChI=1S/C26H28N6O4/c1-15-8-7-9-19(16(15)2)32-24(34)17(23(33)28-25(32)35)14-27-18-12-21-22(30(4)26(36)29(21)3)13-20(18)31-10-5-6-11-31/h7-9,12-14,34H,5-6,10-11H2,1-4H3,(H,28,33,35). The van der Waals surface area contributed by atoms with E-state index in [2.05, 4.69) is 14.9 Å². The van der Waals surface area contributed by atoms with Gasteiger partial charge in [0.2, 0.25) is 5.88 Å². The largest absolute Gasteiger partial charge is 0.493 e. The first-order valence-corrected chi connectivity index (χ1v) is 11.8. The first kappa shape index (κ1) is 23.4. The molecule has 2 aromatic heterocycles. The molecule has 2 aromatic carbocycles.